The van der Waals surface area contributed by atoms with Gasteiger partial charge in [-0.05, 0) is 36.4 Å². The van der Waals surface area contributed by atoms with Crippen LogP contribution in [-0.4, -0.2) is 38.7 Å². The molecule has 24 heavy (non-hydrogen) atoms. The molecular formula is C18H17NO5. The molecule has 1 aliphatic heterocycles. The summed E-state index contributed by atoms with van der Waals surface area (Å²) in [7, 11) is 2.86. The van der Waals surface area contributed by atoms with Gasteiger partial charge in [-0.3, -0.25) is 4.79 Å². The fraction of sp³-hybridized carbons (Fsp3) is 0.222. The van der Waals surface area contributed by atoms with Crippen LogP contribution < -0.4 is 14.4 Å². The van der Waals surface area contributed by atoms with Crippen molar-refractivity contribution < 1.29 is 23.8 Å². The first-order chi connectivity index (χ1) is 11.6. The molecule has 124 valence electrons. The molecule has 1 atom stereocenters. The van der Waals surface area contributed by atoms with E-state index in [9.17, 15) is 9.59 Å². The largest absolute Gasteiger partial charge is 0.497 e. The monoisotopic (exact) mass is 327 g/mol. The van der Waals surface area contributed by atoms with Crippen LogP contribution in [0.4, 0.5) is 5.69 Å². The van der Waals surface area contributed by atoms with Crippen LogP contribution in [0.5, 0.6) is 11.5 Å². The van der Waals surface area contributed by atoms with Crippen LogP contribution in [0.25, 0.3) is 0 Å². The maximum Gasteiger partial charge on any atom is 0.348 e. The van der Waals surface area contributed by atoms with Gasteiger partial charge in [-0.2, -0.15) is 0 Å². The zero-order chi connectivity index (χ0) is 17.1. The molecule has 0 aromatic heterocycles. The summed E-state index contributed by atoms with van der Waals surface area (Å²) >= 11 is 0. The summed E-state index contributed by atoms with van der Waals surface area (Å²) in [6, 6.07) is 13.9. The molecule has 0 radical (unpaired) electrons. The molecule has 2 aromatic rings. The third-order valence-corrected chi connectivity index (χ3v) is 3.82. The topological polar surface area (TPSA) is 65.1 Å². The minimum atomic E-state index is -0.855. The molecule has 3 rings (SSSR count). The molecule has 6 heteroatoms. The van der Waals surface area contributed by atoms with E-state index < -0.39 is 12.1 Å². The lowest BCUT2D eigenvalue weighted by atomic mass is 10.1. The van der Waals surface area contributed by atoms with E-state index in [1.54, 1.807) is 49.6 Å². The van der Waals surface area contributed by atoms with E-state index in [0.717, 1.165) is 0 Å². The van der Waals surface area contributed by atoms with Gasteiger partial charge in [-0.1, -0.05) is 12.1 Å². The third kappa shape index (κ3) is 2.90. The Labute approximate surface area is 139 Å². The van der Waals surface area contributed by atoms with Crippen molar-refractivity contribution in [2.24, 2.45) is 0 Å². The van der Waals surface area contributed by atoms with Gasteiger partial charge in [0.15, 0.2) is 0 Å². The molecule has 0 unspecified atom stereocenters. The van der Waals surface area contributed by atoms with Crippen LogP contribution in [0.1, 0.15) is 10.4 Å². The Kier molecular flexibility index (Phi) is 4.37. The summed E-state index contributed by atoms with van der Waals surface area (Å²) in [6.07, 6.45) is -0.855. The van der Waals surface area contributed by atoms with Crippen LogP contribution in [0.15, 0.2) is 48.5 Å². The number of hydrogen-bond donors (Lipinski definition) is 0. The van der Waals surface area contributed by atoms with Gasteiger partial charge in [0.25, 0.3) is 5.91 Å². The van der Waals surface area contributed by atoms with Crippen molar-refractivity contribution >= 4 is 17.6 Å². The molecule has 1 heterocycles. The second-order valence-corrected chi connectivity index (χ2v) is 5.24. The predicted octanol–water partition coefficient (Wildman–Crippen LogP) is 2.28. The van der Waals surface area contributed by atoms with Crippen LogP contribution >= 0.6 is 0 Å². The zero-order valence-corrected chi connectivity index (χ0v) is 13.4. The fourth-order valence-electron chi connectivity index (χ4n) is 2.57. The van der Waals surface area contributed by atoms with Gasteiger partial charge in [0, 0.05) is 5.56 Å². The van der Waals surface area contributed by atoms with Crippen molar-refractivity contribution in [2.45, 2.75) is 6.10 Å². The Morgan fingerprint density at radius 1 is 1.08 bits per heavy atom. The standard InChI is InChI=1S/C18H17NO5/c1-22-13-9-7-12(8-10-13)17(20)19-11-16(18(21)23-2)24-15-6-4-3-5-14(15)19/h3-10,16H,11H2,1-2H3/t16-/m0/s1. The smallest absolute Gasteiger partial charge is 0.348 e. The summed E-state index contributed by atoms with van der Waals surface area (Å²) in [5, 5.41) is 0. The first-order valence-electron chi connectivity index (χ1n) is 7.43. The second kappa shape index (κ2) is 6.62. The van der Waals surface area contributed by atoms with Gasteiger partial charge >= 0.3 is 5.97 Å². The van der Waals surface area contributed by atoms with E-state index in [0.29, 0.717) is 22.7 Å². The predicted molar refractivity (Wildman–Crippen MR) is 87.5 cm³/mol. The number of anilines is 1. The highest BCUT2D eigenvalue weighted by Gasteiger charge is 2.34. The molecular weight excluding hydrogens is 310 g/mol. The number of carbonyl (C=O) groups is 2. The summed E-state index contributed by atoms with van der Waals surface area (Å²) in [4.78, 5) is 26.3. The summed E-state index contributed by atoms with van der Waals surface area (Å²) < 4.78 is 15.5. The number of benzene rings is 2. The maximum atomic E-state index is 12.9. The number of hydrogen-bond acceptors (Lipinski definition) is 5. The molecule has 0 N–H and O–H groups in total. The molecule has 0 saturated carbocycles. The van der Waals surface area contributed by atoms with E-state index in [2.05, 4.69) is 0 Å². The number of carbonyl (C=O) groups excluding carboxylic acids is 2. The fourth-order valence-corrected chi connectivity index (χ4v) is 2.57. The van der Waals surface area contributed by atoms with Crippen LogP contribution in [0.3, 0.4) is 0 Å². The number of fused-ring (bicyclic) bond motifs is 1. The molecule has 0 fully saturated rings. The lowest BCUT2D eigenvalue weighted by Gasteiger charge is -2.33. The van der Waals surface area contributed by atoms with Crippen molar-refractivity contribution in [2.75, 3.05) is 25.7 Å². The lowest BCUT2D eigenvalue weighted by molar-refractivity contribution is -0.148. The van der Waals surface area contributed by atoms with Crippen molar-refractivity contribution in [3.63, 3.8) is 0 Å². The molecule has 2 aromatic carbocycles. The van der Waals surface area contributed by atoms with Gasteiger partial charge in [-0.15, -0.1) is 0 Å². The molecule has 0 aliphatic carbocycles. The number of amides is 1. The van der Waals surface area contributed by atoms with Crippen molar-refractivity contribution in [1.29, 1.82) is 0 Å². The normalized spacial score (nSPS) is 15.9. The van der Waals surface area contributed by atoms with Gasteiger partial charge < -0.3 is 19.1 Å². The minimum Gasteiger partial charge on any atom is -0.497 e. The molecule has 6 nitrogen and oxygen atoms in total. The average Bonchev–Trinajstić information content (AvgIpc) is 2.66. The summed E-state index contributed by atoms with van der Waals surface area (Å²) in [5.74, 6) is 0.404. The van der Waals surface area contributed by atoms with Crippen LogP contribution in [0.2, 0.25) is 0 Å². The number of ether oxygens (including phenoxy) is 3. The summed E-state index contributed by atoms with van der Waals surface area (Å²) in [6.45, 7) is 0.0918. The van der Waals surface area contributed by atoms with E-state index in [1.807, 2.05) is 6.07 Å². The lowest BCUT2D eigenvalue weighted by Crippen LogP contribution is -2.47. The van der Waals surface area contributed by atoms with Gasteiger partial charge in [0.1, 0.15) is 11.5 Å². The van der Waals surface area contributed by atoms with Gasteiger partial charge in [0.05, 0.1) is 26.5 Å². The van der Waals surface area contributed by atoms with E-state index >= 15 is 0 Å². The highest BCUT2D eigenvalue weighted by atomic mass is 16.6. The Hall–Kier alpha value is -3.02. The SMILES string of the molecule is COC(=O)[C@@H]1CN(C(=O)c2ccc(OC)cc2)c2ccccc2O1. The Morgan fingerprint density at radius 3 is 2.46 bits per heavy atom. The summed E-state index contributed by atoms with van der Waals surface area (Å²) in [5.41, 5.74) is 1.12. The molecule has 0 spiro atoms. The third-order valence-electron chi connectivity index (χ3n) is 3.82. The number of rotatable bonds is 3. The van der Waals surface area contributed by atoms with Crippen LogP contribution in [0, 0.1) is 0 Å². The molecule has 1 amide bonds. The maximum absolute atomic E-state index is 12.9. The molecule has 1 aliphatic rings. The number of para-hydroxylation sites is 2. The zero-order valence-electron chi connectivity index (χ0n) is 13.4. The van der Waals surface area contributed by atoms with Crippen molar-refractivity contribution in [3.8, 4) is 11.5 Å². The first-order valence-corrected chi connectivity index (χ1v) is 7.43. The number of methoxy groups -OCH3 is 2. The van der Waals surface area contributed by atoms with Gasteiger partial charge in [0.2, 0.25) is 6.10 Å². The highest BCUT2D eigenvalue weighted by Crippen LogP contribution is 2.34. The Balaban J connectivity index is 1.94. The Morgan fingerprint density at radius 2 is 1.79 bits per heavy atom. The molecule has 0 saturated heterocycles. The minimum absolute atomic E-state index is 0.0918. The van der Waals surface area contributed by atoms with E-state index in [1.165, 1.54) is 12.0 Å². The van der Waals surface area contributed by atoms with E-state index in [4.69, 9.17) is 14.2 Å². The second-order valence-electron chi connectivity index (χ2n) is 5.24. The van der Waals surface area contributed by atoms with Crippen molar-refractivity contribution in [1.82, 2.24) is 0 Å². The van der Waals surface area contributed by atoms with Crippen molar-refractivity contribution in [3.05, 3.63) is 54.1 Å². The quantitative estimate of drug-likeness (QED) is 0.809. The Bertz CT molecular complexity index is 756. The number of esters is 1. The van der Waals surface area contributed by atoms with Gasteiger partial charge in [-0.25, -0.2) is 4.79 Å². The average molecular weight is 327 g/mol. The van der Waals surface area contributed by atoms with Crippen LogP contribution in [-0.2, 0) is 9.53 Å². The highest BCUT2D eigenvalue weighted by molar-refractivity contribution is 6.07. The van der Waals surface area contributed by atoms with E-state index in [-0.39, 0.29) is 12.5 Å². The number of nitrogens with zero attached hydrogens (tertiary/aromatic N) is 1. The molecule has 0 bridgehead atoms. The first kappa shape index (κ1) is 15.9.